The third-order valence-electron chi connectivity index (χ3n) is 2.71. The van der Waals surface area contributed by atoms with E-state index in [0.29, 0.717) is 5.56 Å². The van der Waals surface area contributed by atoms with E-state index < -0.39 is 18.0 Å². The number of hydrogen-bond acceptors (Lipinski definition) is 4. The molecule has 20 heavy (non-hydrogen) atoms. The Bertz CT molecular complexity index is 463. The van der Waals surface area contributed by atoms with Crippen LogP contribution in [0.5, 0.6) is 0 Å². The van der Waals surface area contributed by atoms with Gasteiger partial charge in [-0.3, -0.25) is 4.68 Å². The third-order valence-corrected chi connectivity index (χ3v) is 3.36. The van der Waals surface area contributed by atoms with Gasteiger partial charge in [0.15, 0.2) is 6.04 Å². The number of carbonyl (C=O) groups is 2. The maximum Gasteiger partial charge on any atom is 0.331 e. The molecule has 8 heteroatoms. The minimum Gasteiger partial charge on any atom is -0.479 e. The summed E-state index contributed by atoms with van der Waals surface area (Å²) in [6.07, 6.45) is 5.82. The summed E-state index contributed by atoms with van der Waals surface area (Å²) < 4.78 is 1.49. The molecule has 1 aromatic rings. The van der Waals surface area contributed by atoms with E-state index >= 15 is 0 Å². The third kappa shape index (κ3) is 5.12. The zero-order chi connectivity index (χ0) is 15.1. The van der Waals surface area contributed by atoms with Crippen molar-refractivity contribution in [1.29, 1.82) is 0 Å². The number of nitrogens with one attached hydrogen (secondary N) is 2. The van der Waals surface area contributed by atoms with Crippen LogP contribution in [0.15, 0.2) is 12.4 Å². The lowest BCUT2D eigenvalue weighted by Gasteiger charge is -2.17. The Kier molecular flexibility index (Phi) is 6.37. The number of urea groups is 1. The molecular formula is C12H20N4O3S. The molecule has 0 aliphatic heterocycles. The van der Waals surface area contributed by atoms with E-state index in [2.05, 4.69) is 15.7 Å². The quantitative estimate of drug-likeness (QED) is 0.698. The SMILES string of the molecule is CSCCC(C)NC(=O)NC(C(=O)O)c1cnn(C)c1. The number of carboxylic acids is 1. The summed E-state index contributed by atoms with van der Waals surface area (Å²) in [5.74, 6) is -0.184. The molecule has 1 rings (SSSR count). The molecule has 0 saturated heterocycles. The number of rotatable bonds is 7. The molecule has 1 aromatic heterocycles. The van der Waals surface area contributed by atoms with E-state index in [4.69, 9.17) is 0 Å². The number of thioether (sulfide) groups is 1. The van der Waals surface area contributed by atoms with Crippen molar-refractivity contribution in [2.75, 3.05) is 12.0 Å². The number of hydrogen-bond donors (Lipinski definition) is 3. The molecule has 0 aliphatic rings. The number of amides is 2. The van der Waals surface area contributed by atoms with Crippen LogP contribution >= 0.6 is 11.8 Å². The highest BCUT2D eigenvalue weighted by molar-refractivity contribution is 7.98. The monoisotopic (exact) mass is 300 g/mol. The van der Waals surface area contributed by atoms with Crippen LogP contribution in [-0.2, 0) is 11.8 Å². The predicted octanol–water partition coefficient (Wildman–Crippen LogP) is 0.987. The Morgan fingerprint density at radius 1 is 1.50 bits per heavy atom. The summed E-state index contributed by atoms with van der Waals surface area (Å²) in [5.41, 5.74) is 0.437. The van der Waals surface area contributed by atoms with Gasteiger partial charge in [0.05, 0.1) is 6.20 Å². The molecule has 0 radical (unpaired) electrons. The zero-order valence-electron chi connectivity index (χ0n) is 11.8. The first kappa shape index (κ1) is 16.4. The van der Waals surface area contributed by atoms with Crippen molar-refractivity contribution in [3.63, 3.8) is 0 Å². The molecule has 0 fully saturated rings. The maximum absolute atomic E-state index is 11.8. The van der Waals surface area contributed by atoms with Crippen molar-refractivity contribution >= 4 is 23.8 Å². The first-order valence-electron chi connectivity index (χ1n) is 6.21. The van der Waals surface area contributed by atoms with Crippen LogP contribution in [0.1, 0.15) is 24.9 Å². The Labute approximate surface area is 122 Å². The van der Waals surface area contributed by atoms with E-state index in [-0.39, 0.29) is 6.04 Å². The Hall–Kier alpha value is -1.70. The summed E-state index contributed by atoms with van der Waals surface area (Å²) in [5, 5.41) is 18.3. The summed E-state index contributed by atoms with van der Waals surface area (Å²) in [7, 11) is 1.69. The lowest BCUT2D eigenvalue weighted by molar-refractivity contribution is -0.139. The van der Waals surface area contributed by atoms with Gasteiger partial charge >= 0.3 is 12.0 Å². The smallest absolute Gasteiger partial charge is 0.331 e. The average molecular weight is 300 g/mol. The predicted molar refractivity (Wildman–Crippen MR) is 77.7 cm³/mol. The molecule has 2 atom stereocenters. The van der Waals surface area contributed by atoms with Crippen LogP contribution in [0, 0.1) is 0 Å². The van der Waals surface area contributed by atoms with Crippen LogP contribution in [0.4, 0.5) is 4.79 Å². The second kappa shape index (κ2) is 7.78. The molecule has 1 heterocycles. The van der Waals surface area contributed by atoms with Crippen LogP contribution < -0.4 is 10.6 Å². The van der Waals surface area contributed by atoms with E-state index in [9.17, 15) is 14.7 Å². The van der Waals surface area contributed by atoms with Crippen molar-refractivity contribution in [2.45, 2.75) is 25.4 Å². The van der Waals surface area contributed by atoms with Crippen molar-refractivity contribution in [3.05, 3.63) is 18.0 Å². The van der Waals surface area contributed by atoms with Gasteiger partial charge in [-0.05, 0) is 25.4 Å². The van der Waals surface area contributed by atoms with Gasteiger partial charge in [0.25, 0.3) is 0 Å². The van der Waals surface area contributed by atoms with E-state index in [0.717, 1.165) is 12.2 Å². The molecule has 3 N–H and O–H groups in total. The zero-order valence-corrected chi connectivity index (χ0v) is 12.6. The summed E-state index contributed by atoms with van der Waals surface area (Å²) in [6.45, 7) is 1.88. The van der Waals surface area contributed by atoms with Crippen LogP contribution in [0.3, 0.4) is 0 Å². The summed E-state index contributed by atoms with van der Waals surface area (Å²) >= 11 is 1.70. The molecule has 0 spiro atoms. The number of carbonyl (C=O) groups excluding carboxylic acids is 1. The minimum absolute atomic E-state index is 0.00852. The van der Waals surface area contributed by atoms with Crippen LogP contribution in [0.2, 0.25) is 0 Å². The van der Waals surface area contributed by atoms with Gasteiger partial charge in [0.1, 0.15) is 0 Å². The van der Waals surface area contributed by atoms with Gasteiger partial charge in [-0.2, -0.15) is 16.9 Å². The van der Waals surface area contributed by atoms with Gasteiger partial charge < -0.3 is 15.7 Å². The number of carboxylic acid groups (broad SMARTS) is 1. The highest BCUT2D eigenvalue weighted by atomic mass is 32.2. The normalized spacial score (nSPS) is 13.6. The Morgan fingerprint density at radius 3 is 2.70 bits per heavy atom. The topological polar surface area (TPSA) is 96.2 Å². The Balaban J connectivity index is 2.58. The number of aryl methyl sites for hydroxylation is 1. The van der Waals surface area contributed by atoms with Gasteiger partial charge in [0.2, 0.25) is 0 Å². The molecule has 2 unspecified atom stereocenters. The fourth-order valence-electron chi connectivity index (χ4n) is 1.64. The fraction of sp³-hybridized carbons (Fsp3) is 0.583. The highest BCUT2D eigenvalue weighted by Gasteiger charge is 2.23. The molecule has 7 nitrogen and oxygen atoms in total. The van der Waals surface area contributed by atoms with Crippen LogP contribution in [0.25, 0.3) is 0 Å². The number of aliphatic carboxylic acids is 1. The fourth-order valence-corrected chi connectivity index (χ4v) is 2.23. The highest BCUT2D eigenvalue weighted by Crippen LogP contribution is 2.11. The molecule has 0 saturated carbocycles. The molecule has 112 valence electrons. The molecule has 0 bridgehead atoms. The summed E-state index contributed by atoms with van der Waals surface area (Å²) in [6, 6.07) is -1.60. The average Bonchev–Trinajstić information content (AvgIpc) is 2.79. The lowest BCUT2D eigenvalue weighted by Crippen LogP contribution is -2.44. The second-order valence-corrected chi connectivity index (χ2v) is 5.50. The van der Waals surface area contributed by atoms with E-state index in [1.165, 1.54) is 10.9 Å². The van der Waals surface area contributed by atoms with E-state index in [1.54, 1.807) is 25.0 Å². The Morgan fingerprint density at radius 2 is 2.20 bits per heavy atom. The van der Waals surface area contributed by atoms with Crippen molar-refractivity contribution in [1.82, 2.24) is 20.4 Å². The van der Waals surface area contributed by atoms with E-state index in [1.807, 2.05) is 13.2 Å². The first-order valence-corrected chi connectivity index (χ1v) is 7.60. The number of aromatic nitrogens is 2. The molecule has 0 aromatic carbocycles. The maximum atomic E-state index is 11.8. The van der Waals surface area contributed by atoms with Gasteiger partial charge in [0, 0.05) is 24.8 Å². The van der Waals surface area contributed by atoms with Crippen molar-refractivity contribution < 1.29 is 14.7 Å². The van der Waals surface area contributed by atoms with Crippen LogP contribution in [-0.4, -0.2) is 44.9 Å². The molecule has 2 amide bonds. The standard InChI is InChI=1S/C12H20N4O3S/c1-8(4-5-20-3)14-12(19)15-10(11(17)18)9-6-13-16(2)7-9/h6-8,10H,4-5H2,1-3H3,(H,17,18)(H2,14,15,19). The van der Waals surface area contributed by atoms with Crippen molar-refractivity contribution in [3.8, 4) is 0 Å². The van der Waals surface area contributed by atoms with Gasteiger partial charge in [-0.25, -0.2) is 9.59 Å². The summed E-state index contributed by atoms with van der Waals surface area (Å²) in [4.78, 5) is 23.0. The molecule has 0 aliphatic carbocycles. The largest absolute Gasteiger partial charge is 0.479 e. The minimum atomic E-state index is -1.12. The van der Waals surface area contributed by atoms with Gasteiger partial charge in [-0.1, -0.05) is 0 Å². The first-order chi connectivity index (χ1) is 9.43. The second-order valence-electron chi connectivity index (χ2n) is 4.52. The van der Waals surface area contributed by atoms with Gasteiger partial charge in [-0.15, -0.1) is 0 Å². The number of nitrogens with zero attached hydrogens (tertiary/aromatic N) is 2. The lowest BCUT2D eigenvalue weighted by atomic mass is 10.1. The molecular weight excluding hydrogens is 280 g/mol. The van der Waals surface area contributed by atoms with Crippen molar-refractivity contribution in [2.24, 2.45) is 7.05 Å².